The summed E-state index contributed by atoms with van der Waals surface area (Å²) in [5.74, 6) is -0.698. The molecule has 0 radical (unpaired) electrons. The van der Waals surface area contributed by atoms with Crippen LogP contribution in [-0.2, 0) is 0 Å². The molecule has 3 heteroatoms. The van der Waals surface area contributed by atoms with Crippen LogP contribution in [0, 0.1) is 18.6 Å². The van der Waals surface area contributed by atoms with Gasteiger partial charge in [-0.3, -0.25) is 0 Å². The number of anilines is 1. The van der Waals surface area contributed by atoms with Gasteiger partial charge >= 0.3 is 0 Å². The first kappa shape index (κ1) is 12.3. The van der Waals surface area contributed by atoms with Crippen molar-refractivity contribution in [1.82, 2.24) is 0 Å². The molecule has 0 heterocycles. The van der Waals surface area contributed by atoms with E-state index in [9.17, 15) is 8.78 Å². The van der Waals surface area contributed by atoms with E-state index in [2.05, 4.69) is 5.32 Å². The first-order valence-electron chi connectivity index (χ1n) is 6.39. The SMILES string of the molecule is Cc1cc(F)c(NC2CCCCCC2)cc1F. The van der Waals surface area contributed by atoms with Crippen LogP contribution in [0.2, 0.25) is 0 Å². The molecule has 2 rings (SSSR count). The third-order valence-corrected chi connectivity index (χ3v) is 3.46. The zero-order valence-corrected chi connectivity index (χ0v) is 10.2. The molecule has 0 saturated heterocycles. The number of nitrogens with one attached hydrogen (secondary N) is 1. The van der Waals surface area contributed by atoms with Crippen LogP contribution >= 0.6 is 0 Å². The van der Waals surface area contributed by atoms with Gasteiger partial charge in [-0.05, 0) is 31.4 Å². The second kappa shape index (κ2) is 5.48. The summed E-state index contributed by atoms with van der Waals surface area (Å²) < 4.78 is 27.0. The molecule has 1 aromatic carbocycles. The van der Waals surface area contributed by atoms with Crippen molar-refractivity contribution < 1.29 is 8.78 Å². The highest BCUT2D eigenvalue weighted by atomic mass is 19.1. The molecule has 0 unspecified atom stereocenters. The molecule has 0 amide bonds. The lowest BCUT2D eigenvalue weighted by molar-refractivity contribution is 0.579. The Kier molecular flexibility index (Phi) is 3.97. The number of hydrogen-bond acceptors (Lipinski definition) is 1. The van der Waals surface area contributed by atoms with Crippen molar-refractivity contribution in [2.45, 2.75) is 51.5 Å². The first-order chi connectivity index (χ1) is 8.16. The highest BCUT2D eigenvalue weighted by Gasteiger charge is 2.14. The molecule has 0 bridgehead atoms. The van der Waals surface area contributed by atoms with Crippen LogP contribution in [0.15, 0.2) is 12.1 Å². The maximum Gasteiger partial charge on any atom is 0.146 e. The summed E-state index contributed by atoms with van der Waals surface area (Å²) in [4.78, 5) is 0. The summed E-state index contributed by atoms with van der Waals surface area (Å²) in [6, 6.07) is 2.82. The van der Waals surface area contributed by atoms with Crippen molar-refractivity contribution in [3.05, 3.63) is 29.3 Å². The van der Waals surface area contributed by atoms with Crippen molar-refractivity contribution in [3.63, 3.8) is 0 Å². The van der Waals surface area contributed by atoms with Crippen LogP contribution in [0.3, 0.4) is 0 Å². The fourth-order valence-electron chi connectivity index (χ4n) is 2.40. The van der Waals surface area contributed by atoms with Gasteiger partial charge in [0.1, 0.15) is 11.6 Å². The van der Waals surface area contributed by atoms with Gasteiger partial charge in [0.15, 0.2) is 0 Å². The zero-order valence-electron chi connectivity index (χ0n) is 10.2. The molecule has 17 heavy (non-hydrogen) atoms. The summed E-state index contributed by atoms with van der Waals surface area (Å²) in [6.07, 6.45) is 6.96. The highest BCUT2D eigenvalue weighted by Crippen LogP contribution is 2.24. The van der Waals surface area contributed by atoms with Gasteiger partial charge in [0, 0.05) is 12.1 Å². The Hall–Kier alpha value is -1.12. The quantitative estimate of drug-likeness (QED) is 0.754. The summed E-state index contributed by atoms with van der Waals surface area (Å²) in [5, 5.41) is 3.14. The topological polar surface area (TPSA) is 12.0 Å². The molecule has 0 spiro atoms. The Bertz CT molecular complexity index is 382. The lowest BCUT2D eigenvalue weighted by atomic mass is 10.1. The number of rotatable bonds is 2. The maximum absolute atomic E-state index is 13.7. The molecule has 1 saturated carbocycles. The van der Waals surface area contributed by atoms with Gasteiger partial charge in [-0.2, -0.15) is 0 Å². The summed E-state index contributed by atoms with van der Waals surface area (Å²) in [6.45, 7) is 1.58. The van der Waals surface area contributed by atoms with Crippen LogP contribution in [0.25, 0.3) is 0 Å². The van der Waals surface area contributed by atoms with Crippen LogP contribution in [0.5, 0.6) is 0 Å². The van der Waals surface area contributed by atoms with E-state index in [0.29, 0.717) is 11.3 Å². The monoisotopic (exact) mass is 239 g/mol. The van der Waals surface area contributed by atoms with Crippen LogP contribution in [-0.4, -0.2) is 6.04 Å². The minimum absolute atomic E-state index is 0.286. The van der Waals surface area contributed by atoms with E-state index in [1.807, 2.05) is 0 Å². The molecule has 0 aliphatic heterocycles. The molecule has 1 nitrogen and oxygen atoms in total. The number of hydrogen-bond donors (Lipinski definition) is 1. The van der Waals surface area contributed by atoms with Crippen molar-refractivity contribution in [1.29, 1.82) is 0 Å². The molecule has 94 valence electrons. The molecule has 1 aliphatic rings. The standard InChI is InChI=1S/C14H19F2N/c1-10-8-13(16)14(9-12(10)15)17-11-6-4-2-3-5-7-11/h8-9,11,17H,2-7H2,1H3. The zero-order chi connectivity index (χ0) is 12.3. The van der Waals surface area contributed by atoms with Crippen LogP contribution in [0.4, 0.5) is 14.5 Å². The molecule has 1 N–H and O–H groups in total. The van der Waals surface area contributed by atoms with Crippen molar-refractivity contribution in [2.24, 2.45) is 0 Å². The largest absolute Gasteiger partial charge is 0.380 e. The second-order valence-corrected chi connectivity index (χ2v) is 4.91. The van der Waals surface area contributed by atoms with E-state index < -0.39 is 0 Å². The third-order valence-electron chi connectivity index (χ3n) is 3.46. The Balaban J connectivity index is 2.09. The average molecular weight is 239 g/mol. The van der Waals surface area contributed by atoms with Crippen LogP contribution in [0.1, 0.15) is 44.1 Å². The predicted molar refractivity (Wildman–Crippen MR) is 66.2 cm³/mol. The first-order valence-corrected chi connectivity index (χ1v) is 6.39. The minimum atomic E-state index is -0.354. The van der Waals surface area contributed by atoms with Gasteiger partial charge < -0.3 is 5.32 Å². The van der Waals surface area contributed by atoms with Gasteiger partial charge in [0.05, 0.1) is 5.69 Å². The van der Waals surface area contributed by atoms with E-state index in [1.54, 1.807) is 6.92 Å². The van der Waals surface area contributed by atoms with E-state index >= 15 is 0 Å². The van der Waals surface area contributed by atoms with E-state index in [-0.39, 0.29) is 17.7 Å². The number of halogens is 2. The average Bonchev–Trinajstić information content (AvgIpc) is 2.54. The van der Waals surface area contributed by atoms with Crippen molar-refractivity contribution >= 4 is 5.69 Å². The molecule has 1 fully saturated rings. The summed E-state index contributed by atoms with van der Waals surface area (Å²) >= 11 is 0. The molecular weight excluding hydrogens is 220 g/mol. The van der Waals surface area contributed by atoms with Crippen LogP contribution < -0.4 is 5.32 Å². The fourth-order valence-corrected chi connectivity index (χ4v) is 2.40. The smallest absolute Gasteiger partial charge is 0.146 e. The molecule has 1 aliphatic carbocycles. The Morgan fingerprint density at radius 2 is 1.65 bits per heavy atom. The van der Waals surface area contributed by atoms with Gasteiger partial charge in [-0.25, -0.2) is 8.78 Å². The lowest BCUT2D eigenvalue weighted by Gasteiger charge is -2.18. The molecule has 0 atom stereocenters. The lowest BCUT2D eigenvalue weighted by Crippen LogP contribution is -2.19. The number of aryl methyl sites for hydroxylation is 1. The highest BCUT2D eigenvalue weighted by molar-refractivity contribution is 5.47. The predicted octanol–water partition coefficient (Wildman–Crippen LogP) is 4.41. The van der Waals surface area contributed by atoms with Gasteiger partial charge in [0.2, 0.25) is 0 Å². The van der Waals surface area contributed by atoms with Gasteiger partial charge in [-0.1, -0.05) is 25.7 Å². The normalized spacial score (nSPS) is 17.8. The van der Waals surface area contributed by atoms with Gasteiger partial charge in [0.25, 0.3) is 0 Å². The minimum Gasteiger partial charge on any atom is -0.380 e. The fraction of sp³-hybridized carbons (Fsp3) is 0.571. The van der Waals surface area contributed by atoms with E-state index in [4.69, 9.17) is 0 Å². The summed E-state index contributed by atoms with van der Waals surface area (Å²) in [5.41, 5.74) is 0.661. The summed E-state index contributed by atoms with van der Waals surface area (Å²) in [7, 11) is 0. The molecular formula is C14H19F2N. The van der Waals surface area contributed by atoms with Gasteiger partial charge in [-0.15, -0.1) is 0 Å². The Labute approximate surface area is 101 Å². The third kappa shape index (κ3) is 3.18. The van der Waals surface area contributed by atoms with E-state index in [0.717, 1.165) is 12.8 Å². The number of benzene rings is 1. The Morgan fingerprint density at radius 3 is 2.29 bits per heavy atom. The maximum atomic E-state index is 13.7. The second-order valence-electron chi connectivity index (χ2n) is 4.91. The molecule has 0 aromatic heterocycles. The Morgan fingerprint density at radius 1 is 1.00 bits per heavy atom. The van der Waals surface area contributed by atoms with Crippen molar-refractivity contribution in [3.8, 4) is 0 Å². The van der Waals surface area contributed by atoms with E-state index in [1.165, 1.54) is 37.8 Å². The van der Waals surface area contributed by atoms with Crippen molar-refractivity contribution in [2.75, 3.05) is 5.32 Å². The molecule has 1 aromatic rings.